The quantitative estimate of drug-likeness (QED) is 0.773. The van der Waals surface area contributed by atoms with Crippen LogP contribution in [0, 0.1) is 0 Å². The van der Waals surface area contributed by atoms with Crippen molar-refractivity contribution in [1.29, 1.82) is 0 Å². The normalized spacial score (nSPS) is 10.7. The van der Waals surface area contributed by atoms with Gasteiger partial charge in [0.2, 0.25) is 0 Å². The van der Waals surface area contributed by atoms with Gasteiger partial charge in [-0.1, -0.05) is 39.7 Å². The standard InChI is InChI=1S/C10H8BrClF2O/c11-5-7(15)4-6-2-1-3-8(12)9(6)10(13)14/h1-3,10H,4-5H2. The van der Waals surface area contributed by atoms with Gasteiger partial charge < -0.3 is 0 Å². The van der Waals surface area contributed by atoms with Crippen molar-refractivity contribution < 1.29 is 13.6 Å². The van der Waals surface area contributed by atoms with E-state index in [0.29, 0.717) is 5.56 Å². The minimum Gasteiger partial charge on any atom is -0.298 e. The molecule has 82 valence electrons. The number of Topliss-reactive ketones (excluding diaryl/α,β-unsaturated/α-hetero) is 1. The van der Waals surface area contributed by atoms with Crippen LogP contribution in [0.4, 0.5) is 8.78 Å². The second-order valence-electron chi connectivity index (χ2n) is 2.96. The number of benzene rings is 1. The molecular formula is C10H8BrClF2O. The summed E-state index contributed by atoms with van der Waals surface area (Å²) in [7, 11) is 0. The second kappa shape index (κ2) is 5.56. The number of alkyl halides is 3. The molecule has 0 aliphatic heterocycles. The zero-order valence-electron chi connectivity index (χ0n) is 7.64. The Morgan fingerprint density at radius 1 is 1.47 bits per heavy atom. The first-order valence-corrected chi connectivity index (χ1v) is 5.69. The van der Waals surface area contributed by atoms with Crippen molar-refractivity contribution in [3.8, 4) is 0 Å². The van der Waals surface area contributed by atoms with Crippen molar-refractivity contribution in [3.05, 3.63) is 34.3 Å². The van der Waals surface area contributed by atoms with Crippen molar-refractivity contribution >= 4 is 33.3 Å². The van der Waals surface area contributed by atoms with Crippen LogP contribution in [-0.4, -0.2) is 11.1 Å². The average molecular weight is 298 g/mol. The molecule has 0 unspecified atom stereocenters. The average Bonchev–Trinajstić information content (AvgIpc) is 2.17. The zero-order chi connectivity index (χ0) is 11.4. The molecule has 0 bridgehead atoms. The molecule has 0 saturated heterocycles. The van der Waals surface area contributed by atoms with Crippen LogP contribution < -0.4 is 0 Å². The number of carbonyl (C=O) groups is 1. The molecule has 0 atom stereocenters. The molecule has 0 N–H and O–H groups in total. The van der Waals surface area contributed by atoms with Gasteiger partial charge in [-0.2, -0.15) is 0 Å². The number of hydrogen-bond acceptors (Lipinski definition) is 1. The van der Waals surface area contributed by atoms with Gasteiger partial charge in [-0.15, -0.1) is 0 Å². The monoisotopic (exact) mass is 296 g/mol. The maximum atomic E-state index is 12.6. The highest BCUT2D eigenvalue weighted by atomic mass is 79.9. The van der Waals surface area contributed by atoms with Crippen LogP contribution in [-0.2, 0) is 11.2 Å². The van der Waals surface area contributed by atoms with Crippen molar-refractivity contribution in [3.63, 3.8) is 0 Å². The lowest BCUT2D eigenvalue weighted by atomic mass is 10.0. The fourth-order valence-electron chi connectivity index (χ4n) is 1.24. The Hall–Kier alpha value is -0.480. The van der Waals surface area contributed by atoms with E-state index < -0.39 is 6.43 Å². The van der Waals surface area contributed by atoms with E-state index in [1.807, 2.05) is 0 Å². The van der Waals surface area contributed by atoms with Gasteiger partial charge in [-0.05, 0) is 11.6 Å². The van der Waals surface area contributed by atoms with Gasteiger partial charge >= 0.3 is 0 Å². The molecule has 0 saturated carbocycles. The lowest BCUT2D eigenvalue weighted by Crippen LogP contribution is -2.06. The maximum absolute atomic E-state index is 12.6. The number of halogens is 4. The predicted molar refractivity (Wildman–Crippen MR) is 58.9 cm³/mol. The second-order valence-corrected chi connectivity index (χ2v) is 3.93. The molecule has 1 nitrogen and oxygen atoms in total. The van der Waals surface area contributed by atoms with Gasteiger partial charge in [-0.3, -0.25) is 4.79 Å². The van der Waals surface area contributed by atoms with Crippen molar-refractivity contribution in [1.82, 2.24) is 0 Å². The van der Waals surface area contributed by atoms with Gasteiger partial charge in [0.25, 0.3) is 6.43 Å². The van der Waals surface area contributed by atoms with Gasteiger partial charge in [0.15, 0.2) is 0 Å². The Balaban J connectivity index is 3.06. The van der Waals surface area contributed by atoms with Crippen molar-refractivity contribution in [2.45, 2.75) is 12.8 Å². The first kappa shape index (κ1) is 12.6. The molecule has 5 heteroatoms. The summed E-state index contributed by atoms with van der Waals surface area (Å²) in [5.74, 6) is -0.154. The highest BCUT2D eigenvalue weighted by Crippen LogP contribution is 2.30. The van der Waals surface area contributed by atoms with Gasteiger partial charge in [0.05, 0.1) is 5.33 Å². The van der Waals surface area contributed by atoms with Crippen LogP contribution in [0.2, 0.25) is 5.02 Å². The Kier molecular flexibility index (Phi) is 4.67. The third-order valence-electron chi connectivity index (χ3n) is 1.90. The lowest BCUT2D eigenvalue weighted by Gasteiger charge is -2.09. The van der Waals surface area contributed by atoms with E-state index in [1.54, 1.807) is 6.07 Å². The van der Waals surface area contributed by atoms with Crippen LogP contribution in [0.5, 0.6) is 0 Å². The van der Waals surface area contributed by atoms with Gasteiger partial charge in [-0.25, -0.2) is 8.78 Å². The lowest BCUT2D eigenvalue weighted by molar-refractivity contribution is -0.115. The smallest absolute Gasteiger partial charge is 0.265 e. The molecule has 1 rings (SSSR count). The molecule has 15 heavy (non-hydrogen) atoms. The summed E-state index contributed by atoms with van der Waals surface area (Å²) in [6.45, 7) is 0. The molecular weight excluding hydrogens is 289 g/mol. The minimum absolute atomic E-state index is 0.00451. The van der Waals surface area contributed by atoms with E-state index in [0.717, 1.165) is 0 Å². The van der Waals surface area contributed by atoms with Gasteiger partial charge in [0, 0.05) is 17.0 Å². The maximum Gasteiger partial charge on any atom is 0.265 e. The molecule has 0 aliphatic carbocycles. The van der Waals surface area contributed by atoms with Crippen molar-refractivity contribution in [2.75, 3.05) is 5.33 Å². The van der Waals surface area contributed by atoms with Gasteiger partial charge in [0.1, 0.15) is 5.78 Å². The van der Waals surface area contributed by atoms with E-state index in [4.69, 9.17) is 11.6 Å². The third-order valence-corrected chi connectivity index (χ3v) is 2.85. The van der Waals surface area contributed by atoms with Crippen LogP contribution in [0.3, 0.4) is 0 Å². The Morgan fingerprint density at radius 3 is 2.67 bits per heavy atom. The fraction of sp³-hybridized carbons (Fsp3) is 0.300. The molecule has 0 heterocycles. The topological polar surface area (TPSA) is 17.1 Å². The molecule has 0 fully saturated rings. The molecule has 1 aromatic rings. The molecule has 0 radical (unpaired) electrons. The Bertz CT molecular complexity index is 368. The summed E-state index contributed by atoms with van der Waals surface area (Å²) >= 11 is 8.63. The molecule has 0 aliphatic rings. The van der Waals surface area contributed by atoms with E-state index in [-0.39, 0.29) is 28.1 Å². The molecule has 1 aromatic carbocycles. The minimum atomic E-state index is -2.66. The predicted octanol–water partition coefficient (Wildman–Crippen LogP) is 3.78. The summed E-state index contributed by atoms with van der Waals surface area (Å²) in [5.41, 5.74) is 0.0513. The molecule has 0 aromatic heterocycles. The summed E-state index contributed by atoms with van der Waals surface area (Å²) in [5, 5.41) is 0.159. The zero-order valence-corrected chi connectivity index (χ0v) is 9.99. The highest BCUT2D eigenvalue weighted by Gasteiger charge is 2.17. The Labute approximate surface area is 99.6 Å². The van der Waals surface area contributed by atoms with Crippen LogP contribution in [0.1, 0.15) is 17.6 Å². The summed E-state index contributed by atoms with van der Waals surface area (Å²) in [4.78, 5) is 11.1. The third kappa shape index (κ3) is 3.24. The number of ketones is 1. The van der Waals surface area contributed by atoms with Crippen LogP contribution in [0.25, 0.3) is 0 Å². The SMILES string of the molecule is O=C(CBr)Cc1cccc(Cl)c1C(F)F. The van der Waals surface area contributed by atoms with E-state index in [9.17, 15) is 13.6 Å². The largest absolute Gasteiger partial charge is 0.298 e. The molecule has 0 spiro atoms. The fourth-order valence-corrected chi connectivity index (χ4v) is 1.71. The summed E-state index contributed by atoms with van der Waals surface area (Å²) < 4.78 is 25.3. The highest BCUT2D eigenvalue weighted by molar-refractivity contribution is 9.09. The first-order valence-electron chi connectivity index (χ1n) is 4.19. The van der Waals surface area contributed by atoms with E-state index >= 15 is 0 Å². The van der Waals surface area contributed by atoms with E-state index in [2.05, 4.69) is 15.9 Å². The number of rotatable bonds is 4. The summed E-state index contributed by atoms with van der Waals surface area (Å²) in [6, 6.07) is 4.45. The van der Waals surface area contributed by atoms with Crippen molar-refractivity contribution in [2.24, 2.45) is 0 Å². The van der Waals surface area contributed by atoms with Crippen LogP contribution in [0.15, 0.2) is 18.2 Å². The van der Waals surface area contributed by atoms with Crippen LogP contribution >= 0.6 is 27.5 Å². The molecule has 0 amide bonds. The number of hydrogen-bond donors (Lipinski definition) is 0. The Morgan fingerprint density at radius 2 is 2.13 bits per heavy atom. The number of carbonyl (C=O) groups excluding carboxylic acids is 1. The van der Waals surface area contributed by atoms with E-state index in [1.165, 1.54) is 12.1 Å². The first-order chi connectivity index (χ1) is 7.06. The summed E-state index contributed by atoms with van der Waals surface area (Å²) in [6.07, 6.45) is -2.68.